The molecule has 0 atom stereocenters. The Morgan fingerprint density at radius 1 is 1.47 bits per heavy atom. The van der Waals surface area contributed by atoms with E-state index in [0.717, 1.165) is 12.1 Å². The molecule has 1 aromatic carbocycles. The van der Waals surface area contributed by atoms with Gasteiger partial charge in [0, 0.05) is 13.1 Å². The van der Waals surface area contributed by atoms with Gasteiger partial charge in [0.1, 0.15) is 5.82 Å². The lowest BCUT2D eigenvalue weighted by atomic mass is 10.3. The molecule has 0 aliphatic carbocycles. The van der Waals surface area contributed by atoms with Gasteiger partial charge in [-0.2, -0.15) is 0 Å². The van der Waals surface area contributed by atoms with Crippen LogP contribution in [0.4, 0.5) is 8.78 Å². The third-order valence-electron chi connectivity index (χ3n) is 1.52. The Morgan fingerprint density at radius 3 is 2.80 bits per heavy atom. The smallest absolute Gasteiger partial charge is 0.271 e. The van der Waals surface area contributed by atoms with Gasteiger partial charge in [-0.05, 0) is 12.1 Å². The molecular weight excluding hydrogens is 206 g/mol. The molecule has 4 nitrogen and oxygen atoms in total. The number of benzene rings is 1. The zero-order valence-corrected chi connectivity index (χ0v) is 8.01. The van der Waals surface area contributed by atoms with Crippen LogP contribution in [0.5, 0.6) is 5.75 Å². The Labute approximate surface area is 85.2 Å². The fraction of sp³-hybridized carbons (Fsp3) is 0.222. The van der Waals surface area contributed by atoms with Gasteiger partial charge >= 0.3 is 0 Å². The summed E-state index contributed by atoms with van der Waals surface area (Å²) in [4.78, 5) is 10.9. The highest BCUT2D eigenvalue weighted by Gasteiger charge is 2.06. The molecule has 0 heterocycles. The first-order chi connectivity index (χ1) is 7.13. The number of hydrogen-bond acceptors (Lipinski definition) is 3. The fourth-order valence-electron chi connectivity index (χ4n) is 0.911. The van der Waals surface area contributed by atoms with Gasteiger partial charge in [-0.15, -0.1) is 0 Å². The Bertz CT molecular complexity index is 358. The predicted octanol–water partition coefficient (Wildman–Crippen LogP) is 0.594. The second-order valence-corrected chi connectivity index (χ2v) is 2.66. The highest BCUT2D eigenvalue weighted by molar-refractivity contribution is 5.76. The van der Waals surface area contributed by atoms with E-state index in [9.17, 15) is 13.6 Å². The van der Waals surface area contributed by atoms with Crippen molar-refractivity contribution in [3.05, 3.63) is 29.8 Å². The van der Waals surface area contributed by atoms with Gasteiger partial charge in [0.25, 0.3) is 5.91 Å². The van der Waals surface area contributed by atoms with Crippen molar-refractivity contribution in [1.82, 2.24) is 10.9 Å². The monoisotopic (exact) mass is 216 g/mol. The van der Waals surface area contributed by atoms with E-state index in [2.05, 4.69) is 10.9 Å². The molecule has 82 valence electrons. The molecule has 0 aromatic heterocycles. The second-order valence-electron chi connectivity index (χ2n) is 2.66. The molecule has 0 bridgehead atoms. The molecule has 2 N–H and O–H groups in total. The van der Waals surface area contributed by atoms with Crippen LogP contribution in [0.15, 0.2) is 18.2 Å². The number of hydrogen-bond donors (Lipinski definition) is 2. The molecule has 0 radical (unpaired) electrons. The average molecular weight is 216 g/mol. The maximum Gasteiger partial charge on any atom is 0.271 e. The van der Waals surface area contributed by atoms with Crippen molar-refractivity contribution in [3.63, 3.8) is 0 Å². The van der Waals surface area contributed by atoms with Crippen molar-refractivity contribution in [2.45, 2.75) is 0 Å². The van der Waals surface area contributed by atoms with E-state index in [1.807, 2.05) is 0 Å². The summed E-state index contributed by atoms with van der Waals surface area (Å²) in [6.45, 7) is -0.344. The number of amides is 1. The second kappa shape index (κ2) is 5.26. The molecule has 0 aliphatic rings. The van der Waals surface area contributed by atoms with Crippen LogP contribution in [0.3, 0.4) is 0 Å². The molecule has 1 rings (SSSR count). The van der Waals surface area contributed by atoms with Crippen molar-refractivity contribution in [3.8, 4) is 5.75 Å². The van der Waals surface area contributed by atoms with E-state index in [1.54, 1.807) is 0 Å². The first kappa shape index (κ1) is 11.4. The topological polar surface area (TPSA) is 50.4 Å². The molecule has 15 heavy (non-hydrogen) atoms. The Balaban J connectivity index is 2.54. The normalized spacial score (nSPS) is 9.80. The van der Waals surface area contributed by atoms with Crippen molar-refractivity contribution < 1.29 is 18.3 Å². The van der Waals surface area contributed by atoms with Crippen molar-refractivity contribution >= 4 is 5.91 Å². The summed E-state index contributed by atoms with van der Waals surface area (Å²) < 4.78 is 30.3. The third kappa shape index (κ3) is 3.51. The van der Waals surface area contributed by atoms with E-state index in [-0.39, 0.29) is 12.4 Å². The molecule has 0 saturated heterocycles. The molecule has 0 spiro atoms. The maximum absolute atomic E-state index is 13.0. The summed E-state index contributed by atoms with van der Waals surface area (Å²) in [5.74, 6) is -2.16. The van der Waals surface area contributed by atoms with Gasteiger partial charge in [-0.25, -0.2) is 14.2 Å². The molecule has 0 saturated carbocycles. The fourth-order valence-corrected chi connectivity index (χ4v) is 0.911. The van der Waals surface area contributed by atoms with Crippen LogP contribution in [-0.2, 0) is 4.79 Å². The first-order valence-corrected chi connectivity index (χ1v) is 4.17. The van der Waals surface area contributed by atoms with Gasteiger partial charge in [0.15, 0.2) is 18.2 Å². The highest BCUT2D eigenvalue weighted by Crippen LogP contribution is 2.17. The highest BCUT2D eigenvalue weighted by atomic mass is 19.1. The third-order valence-corrected chi connectivity index (χ3v) is 1.52. The van der Waals surface area contributed by atoms with Gasteiger partial charge in [-0.1, -0.05) is 0 Å². The predicted molar refractivity (Wildman–Crippen MR) is 49.1 cm³/mol. The largest absolute Gasteiger partial charge is 0.481 e. The van der Waals surface area contributed by atoms with E-state index in [0.29, 0.717) is 6.07 Å². The number of halogens is 2. The number of carbonyl (C=O) groups is 1. The minimum Gasteiger partial charge on any atom is -0.481 e. The quantitative estimate of drug-likeness (QED) is 0.724. The molecule has 1 aromatic rings. The van der Waals surface area contributed by atoms with Crippen LogP contribution in [0.1, 0.15) is 0 Å². The van der Waals surface area contributed by atoms with Gasteiger partial charge in [0.05, 0.1) is 0 Å². The SMILES string of the molecule is CNNC(=O)COc1ccc(F)cc1F. The molecule has 1 amide bonds. The summed E-state index contributed by atoms with van der Waals surface area (Å²) in [5.41, 5.74) is 4.63. The van der Waals surface area contributed by atoms with Gasteiger partial charge in [0.2, 0.25) is 0 Å². The Kier molecular flexibility index (Phi) is 3.99. The number of carbonyl (C=O) groups excluding carboxylic acids is 1. The number of ether oxygens (including phenoxy) is 1. The molecule has 0 fully saturated rings. The molecule has 0 unspecified atom stereocenters. The van der Waals surface area contributed by atoms with Gasteiger partial charge < -0.3 is 4.74 Å². The van der Waals surface area contributed by atoms with Crippen LogP contribution in [0.2, 0.25) is 0 Å². The van der Waals surface area contributed by atoms with Crippen LogP contribution in [0.25, 0.3) is 0 Å². The Morgan fingerprint density at radius 2 is 2.20 bits per heavy atom. The first-order valence-electron chi connectivity index (χ1n) is 4.17. The molecular formula is C9H10F2N2O2. The summed E-state index contributed by atoms with van der Waals surface area (Å²) >= 11 is 0. The maximum atomic E-state index is 13.0. The van der Waals surface area contributed by atoms with E-state index < -0.39 is 17.5 Å². The van der Waals surface area contributed by atoms with Crippen molar-refractivity contribution in [1.29, 1.82) is 0 Å². The van der Waals surface area contributed by atoms with Crippen LogP contribution < -0.4 is 15.6 Å². The zero-order chi connectivity index (χ0) is 11.3. The average Bonchev–Trinajstić information content (AvgIpc) is 2.17. The lowest BCUT2D eigenvalue weighted by molar-refractivity contribution is -0.123. The minimum atomic E-state index is -0.841. The number of nitrogens with one attached hydrogen (secondary N) is 2. The van der Waals surface area contributed by atoms with E-state index >= 15 is 0 Å². The molecule has 6 heteroatoms. The van der Waals surface area contributed by atoms with Crippen molar-refractivity contribution in [2.75, 3.05) is 13.7 Å². The van der Waals surface area contributed by atoms with Crippen LogP contribution in [0, 0.1) is 11.6 Å². The standard InChI is InChI=1S/C9H10F2N2O2/c1-12-13-9(14)5-15-8-3-2-6(10)4-7(8)11/h2-4,12H,5H2,1H3,(H,13,14). The number of rotatable bonds is 4. The Hall–Kier alpha value is -1.69. The summed E-state index contributed by atoms with van der Waals surface area (Å²) in [7, 11) is 1.51. The zero-order valence-electron chi connectivity index (χ0n) is 8.01. The summed E-state index contributed by atoms with van der Waals surface area (Å²) in [6, 6.07) is 2.86. The van der Waals surface area contributed by atoms with Crippen molar-refractivity contribution in [2.24, 2.45) is 0 Å². The molecule has 0 aliphatic heterocycles. The minimum absolute atomic E-state index is 0.164. The van der Waals surface area contributed by atoms with Crippen LogP contribution in [-0.4, -0.2) is 19.6 Å². The lowest BCUT2D eigenvalue weighted by Gasteiger charge is -2.06. The summed E-state index contributed by atoms with van der Waals surface area (Å²) in [5, 5.41) is 0. The van der Waals surface area contributed by atoms with Crippen LogP contribution >= 0.6 is 0 Å². The van der Waals surface area contributed by atoms with E-state index in [4.69, 9.17) is 4.74 Å². The number of hydrazine groups is 1. The lowest BCUT2D eigenvalue weighted by Crippen LogP contribution is -2.37. The van der Waals surface area contributed by atoms with Gasteiger partial charge in [-0.3, -0.25) is 10.2 Å². The van der Waals surface area contributed by atoms with E-state index in [1.165, 1.54) is 7.05 Å². The summed E-state index contributed by atoms with van der Waals surface area (Å²) in [6.07, 6.45) is 0.